The number of anilines is 1. The normalized spacial score (nSPS) is 34.0. The first-order chi connectivity index (χ1) is 14.2. The number of benzene rings is 2. The molecule has 2 aromatic carbocycles. The molecule has 0 unspecified atom stereocenters. The van der Waals surface area contributed by atoms with Gasteiger partial charge in [0, 0.05) is 10.9 Å². The highest BCUT2D eigenvalue weighted by atomic mass is 16.3. The van der Waals surface area contributed by atoms with Crippen LogP contribution < -0.4 is 4.90 Å². The predicted octanol–water partition coefficient (Wildman–Crippen LogP) is 4.66. The van der Waals surface area contributed by atoms with Crippen LogP contribution in [-0.2, 0) is 9.59 Å². The van der Waals surface area contributed by atoms with E-state index in [0.717, 1.165) is 22.3 Å². The Morgan fingerprint density at radius 1 is 0.828 bits per heavy atom. The molecule has 0 spiro atoms. The van der Waals surface area contributed by atoms with Crippen molar-refractivity contribution in [2.45, 2.75) is 6.42 Å². The fourth-order valence-corrected chi connectivity index (χ4v) is 6.11. The average Bonchev–Trinajstić information content (AvgIpc) is 3.40. The molecule has 6 atom stereocenters. The molecule has 5 aliphatic rings. The van der Waals surface area contributed by atoms with Crippen LogP contribution in [0.2, 0.25) is 0 Å². The van der Waals surface area contributed by atoms with Gasteiger partial charge in [0.15, 0.2) is 0 Å². The molecule has 3 aromatic rings. The van der Waals surface area contributed by atoms with Gasteiger partial charge in [-0.3, -0.25) is 14.5 Å². The highest BCUT2D eigenvalue weighted by Gasteiger charge is 2.67. The molecule has 3 fully saturated rings. The maximum Gasteiger partial charge on any atom is 0.238 e. The van der Waals surface area contributed by atoms with Gasteiger partial charge in [-0.05, 0) is 66.5 Å². The predicted molar refractivity (Wildman–Crippen MR) is 109 cm³/mol. The molecule has 142 valence electrons. The maximum absolute atomic E-state index is 13.2. The first-order valence-corrected chi connectivity index (χ1v) is 10.4. The summed E-state index contributed by atoms with van der Waals surface area (Å²) in [6, 6.07) is 17.5. The third-order valence-electron chi connectivity index (χ3n) is 7.50. The topological polar surface area (TPSA) is 50.5 Å². The Bertz CT molecular complexity index is 1150. The summed E-state index contributed by atoms with van der Waals surface area (Å²) < 4.78 is 5.94. The molecule has 0 radical (unpaired) electrons. The van der Waals surface area contributed by atoms with Crippen LogP contribution >= 0.6 is 0 Å². The Kier molecular flexibility index (Phi) is 2.86. The van der Waals surface area contributed by atoms with E-state index in [2.05, 4.69) is 12.2 Å². The Morgan fingerprint density at radius 2 is 1.48 bits per heavy atom. The third kappa shape index (κ3) is 1.99. The number of nitrogens with zero attached hydrogens (tertiary/aromatic N) is 1. The van der Waals surface area contributed by atoms with Crippen LogP contribution in [-0.4, -0.2) is 11.8 Å². The van der Waals surface area contributed by atoms with E-state index in [4.69, 9.17) is 4.42 Å². The van der Waals surface area contributed by atoms with Crippen LogP contribution in [0.15, 0.2) is 71.2 Å². The number of rotatable bonds is 2. The summed E-state index contributed by atoms with van der Waals surface area (Å²) in [6.45, 7) is 0. The summed E-state index contributed by atoms with van der Waals surface area (Å²) in [5.74, 6) is 2.21. The van der Waals surface area contributed by atoms with Crippen molar-refractivity contribution in [2.24, 2.45) is 35.5 Å². The minimum absolute atomic E-state index is 0.0128. The number of para-hydroxylation sites is 1. The number of furan rings is 1. The SMILES string of the molecule is O=C1[C@@H]2[C@@H]3C=C[C@H]([C@H]4C[C@H]34)[C@@H]2C(=O)N1c1ccc(-c2cc3ccccc3o2)cc1. The van der Waals surface area contributed by atoms with Crippen molar-refractivity contribution in [1.82, 2.24) is 0 Å². The lowest BCUT2D eigenvalue weighted by Gasteiger charge is -2.37. The van der Waals surface area contributed by atoms with Crippen molar-refractivity contribution in [3.05, 3.63) is 66.7 Å². The van der Waals surface area contributed by atoms with E-state index in [1.807, 2.05) is 54.6 Å². The first-order valence-electron chi connectivity index (χ1n) is 10.4. The molecule has 4 heteroatoms. The molecular weight excluding hydrogens is 362 g/mol. The Hall–Kier alpha value is -3.14. The second kappa shape index (κ2) is 5.26. The van der Waals surface area contributed by atoms with Crippen molar-refractivity contribution in [2.75, 3.05) is 4.90 Å². The summed E-state index contributed by atoms with van der Waals surface area (Å²) in [4.78, 5) is 27.9. The Morgan fingerprint density at radius 3 is 2.14 bits per heavy atom. The molecule has 4 nitrogen and oxygen atoms in total. The lowest BCUT2D eigenvalue weighted by molar-refractivity contribution is -0.124. The largest absolute Gasteiger partial charge is 0.456 e. The van der Waals surface area contributed by atoms with E-state index in [0.29, 0.717) is 17.5 Å². The first kappa shape index (κ1) is 15.7. The fraction of sp³-hybridized carbons (Fsp3) is 0.280. The Balaban J connectivity index is 1.23. The summed E-state index contributed by atoms with van der Waals surface area (Å²) >= 11 is 0. The molecule has 4 aliphatic carbocycles. The molecule has 29 heavy (non-hydrogen) atoms. The molecular formula is C25H19NO3. The zero-order valence-electron chi connectivity index (χ0n) is 15.7. The minimum Gasteiger partial charge on any atom is -0.456 e. The second-order valence-electron chi connectivity index (χ2n) is 8.86. The average molecular weight is 381 g/mol. The highest BCUT2D eigenvalue weighted by Crippen LogP contribution is 2.65. The molecule has 8 rings (SSSR count). The second-order valence-corrected chi connectivity index (χ2v) is 8.86. The van der Waals surface area contributed by atoms with Gasteiger partial charge in [-0.2, -0.15) is 0 Å². The van der Waals surface area contributed by atoms with Gasteiger partial charge in [-0.25, -0.2) is 0 Å². The molecule has 0 N–H and O–H groups in total. The standard InChI is InChI=1S/C25H19NO3/c27-24-22-16-9-10-17(19-12-18(16)19)23(22)25(28)26(24)15-7-5-13(6-8-15)21-11-14-3-1-2-4-20(14)29-21/h1-11,16-19,22-23H,12H2/t16-,17-,18-,19-,22-,23+/m1/s1. The van der Waals surface area contributed by atoms with E-state index < -0.39 is 0 Å². The van der Waals surface area contributed by atoms with Gasteiger partial charge < -0.3 is 4.42 Å². The minimum atomic E-state index is -0.156. The van der Waals surface area contributed by atoms with Crippen LogP contribution in [0.1, 0.15) is 6.42 Å². The van der Waals surface area contributed by atoms with E-state index in [9.17, 15) is 9.59 Å². The number of amides is 2. The molecule has 2 amide bonds. The van der Waals surface area contributed by atoms with E-state index in [-0.39, 0.29) is 35.5 Å². The lowest BCUT2D eigenvalue weighted by atomic mass is 9.63. The zero-order chi connectivity index (χ0) is 19.3. The van der Waals surface area contributed by atoms with Crippen LogP contribution in [0.3, 0.4) is 0 Å². The van der Waals surface area contributed by atoms with Crippen molar-refractivity contribution in [3.8, 4) is 11.3 Å². The van der Waals surface area contributed by atoms with Crippen LogP contribution in [0.25, 0.3) is 22.3 Å². The van der Waals surface area contributed by atoms with E-state index in [1.54, 1.807) is 0 Å². The van der Waals surface area contributed by atoms with E-state index >= 15 is 0 Å². The number of carbonyl (C=O) groups excluding carboxylic acids is 2. The van der Waals surface area contributed by atoms with Gasteiger partial charge in [0.25, 0.3) is 0 Å². The third-order valence-corrected chi connectivity index (χ3v) is 7.50. The fourth-order valence-electron chi connectivity index (χ4n) is 6.11. The van der Waals surface area contributed by atoms with Gasteiger partial charge >= 0.3 is 0 Å². The number of carbonyl (C=O) groups is 2. The van der Waals surface area contributed by atoms with Gasteiger partial charge in [0.05, 0.1) is 17.5 Å². The summed E-state index contributed by atoms with van der Waals surface area (Å²) in [5.41, 5.74) is 2.45. The molecule has 1 aromatic heterocycles. The molecule has 2 heterocycles. The van der Waals surface area contributed by atoms with E-state index in [1.165, 1.54) is 11.3 Å². The van der Waals surface area contributed by atoms with Gasteiger partial charge in [-0.15, -0.1) is 0 Å². The van der Waals surface area contributed by atoms with Crippen molar-refractivity contribution in [1.29, 1.82) is 0 Å². The number of hydrogen-bond acceptors (Lipinski definition) is 3. The summed E-state index contributed by atoms with van der Waals surface area (Å²) in [7, 11) is 0. The zero-order valence-corrected chi connectivity index (χ0v) is 15.7. The Labute approximate surface area is 167 Å². The molecule has 2 bridgehead atoms. The lowest BCUT2D eigenvalue weighted by Crippen LogP contribution is -2.40. The molecule has 2 saturated carbocycles. The quantitative estimate of drug-likeness (QED) is 0.479. The summed E-state index contributed by atoms with van der Waals surface area (Å²) in [6.07, 6.45) is 5.60. The number of hydrogen-bond donors (Lipinski definition) is 0. The van der Waals surface area contributed by atoms with Crippen molar-refractivity contribution < 1.29 is 14.0 Å². The van der Waals surface area contributed by atoms with Crippen LogP contribution in [0.4, 0.5) is 5.69 Å². The maximum atomic E-state index is 13.2. The molecule has 1 aliphatic heterocycles. The number of imide groups is 1. The highest BCUT2D eigenvalue weighted by molar-refractivity contribution is 6.22. The smallest absolute Gasteiger partial charge is 0.238 e. The monoisotopic (exact) mass is 381 g/mol. The molecule has 1 saturated heterocycles. The van der Waals surface area contributed by atoms with Gasteiger partial charge in [0.1, 0.15) is 11.3 Å². The van der Waals surface area contributed by atoms with Gasteiger partial charge in [0.2, 0.25) is 11.8 Å². The van der Waals surface area contributed by atoms with Crippen molar-refractivity contribution in [3.63, 3.8) is 0 Å². The van der Waals surface area contributed by atoms with Crippen LogP contribution in [0.5, 0.6) is 0 Å². The van der Waals surface area contributed by atoms with Crippen LogP contribution in [0, 0.1) is 35.5 Å². The summed E-state index contributed by atoms with van der Waals surface area (Å²) in [5, 5.41) is 1.06. The number of allylic oxidation sites excluding steroid dienone is 2. The van der Waals surface area contributed by atoms with Crippen molar-refractivity contribution >= 4 is 28.5 Å². The van der Waals surface area contributed by atoms with Gasteiger partial charge in [-0.1, -0.05) is 30.4 Å². The number of fused-ring (bicyclic) bond motifs is 1.